The van der Waals surface area contributed by atoms with Gasteiger partial charge in [-0.3, -0.25) is 22.9 Å². The third kappa shape index (κ3) is 2.54. The number of halogens is 1. The molecule has 7 nitrogen and oxygen atoms in total. The van der Waals surface area contributed by atoms with Gasteiger partial charge in [0.05, 0.1) is 0 Å². The molecule has 0 saturated carbocycles. The first-order valence-electron chi connectivity index (χ1n) is 8.51. The molecule has 4 aromatic rings. The molecule has 3 heterocycles. The minimum absolute atomic E-state index is 0.224. The van der Waals surface area contributed by atoms with Crippen LogP contribution in [0.5, 0.6) is 0 Å². The highest BCUT2D eigenvalue weighted by Crippen LogP contribution is 2.22. The maximum atomic E-state index is 13.0. The third-order valence-electron chi connectivity index (χ3n) is 4.63. The summed E-state index contributed by atoms with van der Waals surface area (Å²) in [5.41, 5.74) is 1.79. The monoisotopic (exact) mass is 383 g/mol. The van der Waals surface area contributed by atoms with E-state index in [1.807, 2.05) is 42.8 Å². The van der Waals surface area contributed by atoms with Gasteiger partial charge in [0.1, 0.15) is 0 Å². The van der Waals surface area contributed by atoms with Crippen molar-refractivity contribution in [3.63, 3.8) is 0 Å². The second-order valence-corrected chi connectivity index (χ2v) is 6.80. The molecule has 0 aliphatic carbocycles. The van der Waals surface area contributed by atoms with E-state index in [0.29, 0.717) is 22.0 Å². The lowest BCUT2D eigenvalue weighted by Gasteiger charge is -2.06. The average Bonchev–Trinajstić information content (AvgIpc) is 3.15. The molecule has 0 unspecified atom stereocenters. The number of allylic oxidation sites excluding steroid dienone is 2. The van der Waals surface area contributed by atoms with Gasteiger partial charge in [0.15, 0.2) is 11.2 Å². The van der Waals surface area contributed by atoms with Gasteiger partial charge >= 0.3 is 5.69 Å². The highest BCUT2D eigenvalue weighted by molar-refractivity contribution is 6.30. The second-order valence-electron chi connectivity index (χ2n) is 6.36. The van der Waals surface area contributed by atoms with Gasteiger partial charge in [-0.25, -0.2) is 4.79 Å². The van der Waals surface area contributed by atoms with Crippen LogP contribution in [0.3, 0.4) is 0 Å². The van der Waals surface area contributed by atoms with Gasteiger partial charge < -0.3 is 0 Å². The molecule has 0 amide bonds. The molecule has 0 aliphatic rings. The van der Waals surface area contributed by atoms with Gasteiger partial charge in [0.25, 0.3) is 5.56 Å². The summed E-state index contributed by atoms with van der Waals surface area (Å²) in [6.07, 6.45) is 5.44. The van der Waals surface area contributed by atoms with Crippen LogP contribution in [0.25, 0.3) is 22.6 Å². The smallest absolute Gasteiger partial charge is 0.283 e. The van der Waals surface area contributed by atoms with Crippen molar-refractivity contribution < 1.29 is 0 Å². The highest BCUT2D eigenvalue weighted by Gasteiger charge is 2.20. The molecule has 0 fully saturated rings. The fourth-order valence-corrected chi connectivity index (χ4v) is 3.42. The molecule has 0 atom stereocenters. The van der Waals surface area contributed by atoms with E-state index in [1.54, 1.807) is 29.7 Å². The Bertz CT molecular complexity index is 1320. The normalized spacial score (nSPS) is 12.0. The van der Waals surface area contributed by atoms with Crippen LogP contribution in [0.1, 0.15) is 12.6 Å². The number of rotatable bonds is 3. The molecule has 0 N–H and O–H groups in total. The van der Waals surface area contributed by atoms with Crippen molar-refractivity contribution in [1.29, 1.82) is 0 Å². The first kappa shape index (κ1) is 17.4. The van der Waals surface area contributed by atoms with Crippen molar-refractivity contribution in [2.24, 2.45) is 7.05 Å². The van der Waals surface area contributed by atoms with Gasteiger partial charge in [-0.15, -0.1) is 0 Å². The van der Waals surface area contributed by atoms with Crippen molar-refractivity contribution >= 4 is 28.5 Å². The Labute approximate surface area is 159 Å². The molecule has 0 spiro atoms. The van der Waals surface area contributed by atoms with E-state index in [-0.39, 0.29) is 17.8 Å². The lowest BCUT2D eigenvalue weighted by Crippen LogP contribution is -2.39. The molecule has 4 rings (SSSR count). The lowest BCUT2D eigenvalue weighted by molar-refractivity contribution is 0.666. The summed E-state index contributed by atoms with van der Waals surface area (Å²) in [5.74, 6) is 0.570. The molecular weight excluding hydrogens is 366 g/mol. The zero-order chi connectivity index (χ0) is 19.3. The summed E-state index contributed by atoms with van der Waals surface area (Å²) in [4.78, 5) is 30.2. The highest BCUT2D eigenvalue weighted by atomic mass is 35.5. The van der Waals surface area contributed by atoms with E-state index in [9.17, 15) is 9.59 Å². The zero-order valence-electron chi connectivity index (χ0n) is 15.2. The lowest BCUT2D eigenvalue weighted by atomic mass is 10.3. The predicted octanol–water partition coefficient (Wildman–Crippen LogP) is 2.68. The third-order valence-corrected chi connectivity index (χ3v) is 4.89. The Balaban J connectivity index is 2.10. The molecule has 0 radical (unpaired) electrons. The van der Waals surface area contributed by atoms with Crippen molar-refractivity contribution in [3.05, 3.63) is 74.2 Å². The van der Waals surface area contributed by atoms with Crippen LogP contribution in [0, 0.1) is 6.92 Å². The summed E-state index contributed by atoms with van der Waals surface area (Å²) in [5, 5.41) is 0.641. The van der Waals surface area contributed by atoms with E-state index in [2.05, 4.69) is 4.98 Å². The molecule has 0 bridgehead atoms. The fraction of sp³-hybridized carbons (Fsp3) is 0.211. The van der Waals surface area contributed by atoms with E-state index in [0.717, 1.165) is 11.4 Å². The number of fused-ring (bicyclic) bond motifs is 3. The number of aryl methyl sites for hydroxylation is 2. The fourth-order valence-electron chi connectivity index (χ4n) is 3.29. The maximum Gasteiger partial charge on any atom is 0.332 e. The quantitative estimate of drug-likeness (QED) is 0.511. The van der Waals surface area contributed by atoms with Crippen LogP contribution < -0.4 is 11.2 Å². The summed E-state index contributed by atoms with van der Waals surface area (Å²) >= 11 is 6.00. The Morgan fingerprint density at radius 1 is 1.19 bits per heavy atom. The Morgan fingerprint density at radius 2 is 1.89 bits per heavy atom. The maximum absolute atomic E-state index is 13.0. The zero-order valence-corrected chi connectivity index (χ0v) is 15.9. The van der Waals surface area contributed by atoms with E-state index in [4.69, 9.17) is 11.6 Å². The number of imidazole rings is 2. The SMILES string of the molecule is C/C=C\Cn1c(=O)c2c(nc3n(-c4ccc(Cl)cc4)c(C)cn23)n(C)c1=O. The summed E-state index contributed by atoms with van der Waals surface area (Å²) in [7, 11) is 1.63. The first-order chi connectivity index (χ1) is 12.9. The van der Waals surface area contributed by atoms with E-state index >= 15 is 0 Å². The standard InChI is InChI=1S/C19H18ClN5O2/c1-4-5-10-23-17(26)15-16(22(3)19(23)27)21-18-24(15)11-12(2)25(18)14-8-6-13(20)7-9-14/h4-9,11H,10H2,1-3H3/b5-4-. The van der Waals surface area contributed by atoms with Crippen LogP contribution in [0.15, 0.2) is 52.2 Å². The Hall–Kier alpha value is -3.06. The summed E-state index contributed by atoms with van der Waals surface area (Å²) in [6, 6.07) is 7.38. The molecule has 1 aromatic carbocycles. The van der Waals surface area contributed by atoms with Crippen molar-refractivity contribution in [3.8, 4) is 5.69 Å². The topological polar surface area (TPSA) is 66.2 Å². The molecular formula is C19H18ClN5O2. The van der Waals surface area contributed by atoms with Gasteiger partial charge in [0.2, 0.25) is 5.78 Å². The minimum atomic E-state index is -0.388. The number of hydrogen-bond donors (Lipinski definition) is 0. The first-order valence-corrected chi connectivity index (χ1v) is 8.89. The van der Waals surface area contributed by atoms with Crippen molar-refractivity contribution in [2.45, 2.75) is 20.4 Å². The van der Waals surface area contributed by atoms with E-state index in [1.165, 1.54) is 9.13 Å². The summed E-state index contributed by atoms with van der Waals surface area (Å²) in [6.45, 7) is 4.01. The molecule has 8 heteroatoms. The molecule has 0 aliphatic heterocycles. The largest absolute Gasteiger partial charge is 0.332 e. The van der Waals surface area contributed by atoms with Gasteiger partial charge in [0, 0.05) is 36.2 Å². The van der Waals surface area contributed by atoms with Crippen LogP contribution >= 0.6 is 11.6 Å². The molecule has 27 heavy (non-hydrogen) atoms. The van der Waals surface area contributed by atoms with Crippen molar-refractivity contribution in [1.82, 2.24) is 23.1 Å². The van der Waals surface area contributed by atoms with Crippen LogP contribution in [-0.4, -0.2) is 23.1 Å². The Kier molecular flexibility index (Phi) is 4.04. The number of nitrogens with zero attached hydrogens (tertiary/aromatic N) is 5. The number of benzene rings is 1. The predicted molar refractivity (Wildman–Crippen MR) is 106 cm³/mol. The number of hydrogen-bond acceptors (Lipinski definition) is 3. The average molecular weight is 384 g/mol. The van der Waals surface area contributed by atoms with Crippen LogP contribution in [-0.2, 0) is 13.6 Å². The van der Waals surface area contributed by atoms with Crippen LogP contribution in [0.4, 0.5) is 0 Å². The van der Waals surface area contributed by atoms with Crippen molar-refractivity contribution in [2.75, 3.05) is 0 Å². The van der Waals surface area contributed by atoms with Gasteiger partial charge in [-0.2, -0.15) is 4.98 Å². The number of aromatic nitrogens is 5. The summed E-state index contributed by atoms with van der Waals surface area (Å²) < 4.78 is 6.30. The van der Waals surface area contributed by atoms with Crippen LogP contribution in [0.2, 0.25) is 5.02 Å². The van der Waals surface area contributed by atoms with Gasteiger partial charge in [-0.1, -0.05) is 23.8 Å². The molecule has 138 valence electrons. The minimum Gasteiger partial charge on any atom is -0.283 e. The Morgan fingerprint density at radius 3 is 2.56 bits per heavy atom. The van der Waals surface area contributed by atoms with E-state index < -0.39 is 0 Å². The molecule has 0 saturated heterocycles. The second kappa shape index (κ2) is 6.28. The van der Waals surface area contributed by atoms with Gasteiger partial charge in [-0.05, 0) is 38.1 Å². The molecule has 3 aromatic heterocycles.